The normalized spacial score (nSPS) is 10.9. The van der Waals surface area contributed by atoms with Gasteiger partial charge < -0.3 is 4.90 Å². The Balaban J connectivity index is 3.79. The maximum absolute atomic E-state index is 10.8. The summed E-state index contributed by atoms with van der Waals surface area (Å²) in [6.07, 6.45) is 1.52. The van der Waals surface area contributed by atoms with Crippen molar-refractivity contribution in [1.29, 1.82) is 0 Å². The molecule has 0 atom stereocenters. The monoisotopic (exact) mass is 142 g/mol. The molecule has 0 aromatic carbocycles. The van der Waals surface area contributed by atoms with Gasteiger partial charge in [-0.15, -0.1) is 0 Å². The van der Waals surface area contributed by atoms with Crippen molar-refractivity contribution in [2.45, 2.75) is 13.8 Å². The van der Waals surface area contributed by atoms with Gasteiger partial charge in [-0.3, -0.25) is 4.79 Å². The molecule has 0 fully saturated rings. The van der Waals surface area contributed by atoms with Crippen LogP contribution in [0.3, 0.4) is 0 Å². The van der Waals surface area contributed by atoms with Gasteiger partial charge in [0.1, 0.15) is 0 Å². The fourth-order valence-corrected chi connectivity index (χ4v) is 0.321. The molecule has 0 aliphatic carbocycles. The van der Waals surface area contributed by atoms with Crippen molar-refractivity contribution >= 4 is 12.2 Å². The minimum absolute atomic E-state index is 0.00352. The first-order valence-electron chi connectivity index (χ1n) is 3.28. The third-order valence-electron chi connectivity index (χ3n) is 0.910. The molecule has 0 aliphatic rings. The second kappa shape index (κ2) is 4.04. The number of hydrogen-bond donors (Lipinski definition) is 0. The second-order valence-electron chi connectivity index (χ2n) is 2.70. The molecular weight excluding hydrogens is 128 g/mol. The first-order valence-corrected chi connectivity index (χ1v) is 3.28. The lowest BCUT2D eigenvalue weighted by Gasteiger charge is -2.02. The zero-order valence-corrected chi connectivity index (χ0v) is 6.96. The molecule has 58 valence electrons. The summed E-state index contributed by atoms with van der Waals surface area (Å²) >= 11 is 0. The fraction of sp³-hybridized carbons (Fsp3) is 0.714. The first-order chi connectivity index (χ1) is 4.54. The van der Waals surface area contributed by atoms with Crippen LogP contribution in [0.25, 0.3) is 0 Å². The Labute approximate surface area is 61.7 Å². The van der Waals surface area contributed by atoms with Crippen molar-refractivity contribution in [3.05, 3.63) is 0 Å². The zero-order valence-electron chi connectivity index (χ0n) is 6.96. The average Bonchev–Trinajstić information content (AvgIpc) is 1.82. The second-order valence-corrected chi connectivity index (χ2v) is 2.70. The maximum atomic E-state index is 10.8. The lowest BCUT2D eigenvalue weighted by molar-refractivity contribution is -0.120. The number of hydrogen-bond acceptors (Lipinski definition) is 1. The Morgan fingerprint density at radius 1 is 1.50 bits per heavy atom. The van der Waals surface area contributed by atoms with Crippen LogP contribution in [0.5, 0.6) is 0 Å². The van der Waals surface area contributed by atoms with Crippen molar-refractivity contribution in [2.24, 2.45) is 10.9 Å². The molecule has 0 unspecified atom stereocenters. The Hall–Kier alpha value is -0.860. The van der Waals surface area contributed by atoms with Crippen LogP contribution in [0.2, 0.25) is 0 Å². The van der Waals surface area contributed by atoms with E-state index in [2.05, 4.69) is 4.99 Å². The highest BCUT2D eigenvalue weighted by atomic mass is 16.1. The molecule has 0 aromatic heterocycles. The van der Waals surface area contributed by atoms with E-state index in [0.717, 1.165) is 0 Å². The number of carbonyl (C=O) groups is 1. The lowest BCUT2D eigenvalue weighted by atomic mass is 10.2. The van der Waals surface area contributed by atoms with Crippen molar-refractivity contribution in [1.82, 2.24) is 4.90 Å². The molecule has 3 nitrogen and oxygen atoms in total. The summed E-state index contributed by atoms with van der Waals surface area (Å²) in [5.74, 6) is -0.0788. The predicted octanol–water partition coefficient (Wildman–Crippen LogP) is 0.759. The Morgan fingerprint density at radius 3 is 2.30 bits per heavy atom. The van der Waals surface area contributed by atoms with Gasteiger partial charge in [-0.25, -0.2) is 4.99 Å². The summed E-state index contributed by atoms with van der Waals surface area (Å²) in [6, 6.07) is 0. The van der Waals surface area contributed by atoms with E-state index in [1.165, 1.54) is 6.34 Å². The van der Waals surface area contributed by atoms with Gasteiger partial charge in [0.05, 0.1) is 6.34 Å². The first kappa shape index (κ1) is 9.14. The van der Waals surface area contributed by atoms with E-state index >= 15 is 0 Å². The largest absolute Gasteiger partial charge is 0.369 e. The zero-order chi connectivity index (χ0) is 8.15. The van der Waals surface area contributed by atoms with Gasteiger partial charge in [-0.05, 0) is 0 Å². The van der Waals surface area contributed by atoms with Crippen LogP contribution in [0, 0.1) is 5.92 Å². The van der Waals surface area contributed by atoms with Crippen molar-refractivity contribution in [3.8, 4) is 0 Å². The highest BCUT2D eigenvalue weighted by molar-refractivity contribution is 5.85. The van der Waals surface area contributed by atoms with E-state index in [4.69, 9.17) is 0 Å². The van der Waals surface area contributed by atoms with Gasteiger partial charge in [0.15, 0.2) is 0 Å². The quantitative estimate of drug-likeness (QED) is 0.421. The molecule has 0 rings (SSSR count). The van der Waals surface area contributed by atoms with Crippen LogP contribution >= 0.6 is 0 Å². The minimum Gasteiger partial charge on any atom is -0.369 e. The lowest BCUT2D eigenvalue weighted by Crippen LogP contribution is -2.11. The van der Waals surface area contributed by atoms with Gasteiger partial charge in [-0.2, -0.15) is 0 Å². The summed E-state index contributed by atoms with van der Waals surface area (Å²) in [5, 5.41) is 0. The Morgan fingerprint density at radius 2 is 2.00 bits per heavy atom. The minimum atomic E-state index is -0.0753. The molecule has 0 saturated heterocycles. The molecule has 3 heteroatoms. The number of rotatable bonds is 2. The number of nitrogens with zero attached hydrogens (tertiary/aromatic N) is 2. The number of aliphatic imine (C=N–C) groups is 1. The van der Waals surface area contributed by atoms with Crippen LogP contribution in [0.1, 0.15) is 13.8 Å². The molecule has 0 radical (unpaired) electrons. The summed E-state index contributed by atoms with van der Waals surface area (Å²) in [6.45, 7) is 3.66. The molecule has 0 spiro atoms. The molecule has 0 aromatic rings. The van der Waals surface area contributed by atoms with E-state index < -0.39 is 0 Å². The summed E-state index contributed by atoms with van der Waals surface area (Å²) < 4.78 is 0. The Kier molecular flexibility index (Phi) is 3.69. The summed E-state index contributed by atoms with van der Waals surface area (Å²) in [4.78, 5) is 16.2. The topological polar surface area (TPSA) is 32.7 Å². The highest BCUT2D eigenvalue weighted by Gasteiger charge is 2.02. The summed E-state index contributed by atoms with van der Waals surface area (Å²) in [7, 11) is 3.66. The van der Waals surface area contributed by atoms with Gasteiger partial charge in [-0.1, -0.05) is 13.8 Å². The van der Waals surface area contributed by atoms with Crippen LogP contribution in [0.15, 0.2) is 4.99 Å². The third kappa shape index (κ3) is 4.06. The van der Waals surface area contributed by atoms with Crippen molar-refractivity contribution in [3.63, 3.8) is 0 Å². The molecule has 0 aliphatic heterocycles. The molecule has 0 N–H and O–H groups in total. The van der Waals surface area contributed by atoms with E-state index in [9.17, 15) is 4.79 Å². The van der Waals surface area contributed by atoms with Crippen molar-refractivity contribution < 1.29 is 4.79 Å². The van der Waals surface area contributed by atoms with Gasteiger partial charge in [0.25, 0.3) is 0 Å². The molecule has 0 bridgehead atoms. The van der Waals surface area contributed by atoms with Crippen LogP contribution in [-0.4, -0.2) is 31.2 Å². The van der Waals surface area contributed by atoms with Crippen LogP contribution < -0.4 is 0 Å². The van der Waals surface area contributed by atoms with Gasteiger partial charge in [0, 0.05) is 20.0 Å². The smallest absolute Gasteiger partial charge is 0.249 e. The Bertz CT molecular complexity index is 139. The standard InChI is InChI=1S/C7H14N2O/c1-6(2)7(10)8-5-9(3)4/h5-6H,1-4H3/b8-5-. The molecule has 10 heavy (non-hydrogen) atoms. The summed E-state index contributed by atoms with van der Waals surface area (Å²) in [5.41, 5.74) is 0. The van der Waals surface area contributed by atoms with Gasteiger partial charge >= 0.3 is 0 Å². The van der Waals surface area contributed by atoms with Crippen LogP contribution in [-0.2, 0) is 4.79 Å². The predicted molar refractivity (Wildman–Crippen MR) is 42.0 cm³/mol. The molecular formula is C7H14N2O. The third-order valence-corrected chi connectivity index (χ3v) is 0.910. The van der Waals surface area contributed by atoms with E-state index in [0.29, 0.717) is 0 Å². The van der Waals surface area contributed by atoms with E-state index in [-0.39, 0.29) is 11.8 Å². The number of amides is 1. The van der Waals surface area contributed by atoms with Crippen molar-refractivity contribution in [2.75, 3.05) is 14.1 Å². The fourth-order valence-electron chi connectivity index (χ4n) is 0.321. The van der Waals surface area contributed by atoms with Gasteiger partial charge in [0.2, 0.25) is 5.91 Å². The average molecular weight is 142 g/mol. The number of carbonyl (C=O) groups excluding carboxylic acids is 1. The highest BCUT2D eigenvalue weighted by Crippen LogP contribution is 1.93. The van der Waals surface area contributed by atoms with Crippen LogP contribution in [0.4, 0.5) is 0 Å². The SMILES string of the molecule is CC(C)C(=O)/N=C\N(C)C. The molecule has 0 saturated carbocycles. The van der Waals surface area contributed by atoms with E-state index in [1.54, 1.807) is 4.90 Å². The molecule has 0 heterocycles. The molecule has 1 amide bonds. The maximum Gasteiger partial charge on any atom is 0.249 e. The van der Waals surface area contributed by atoms with E-state index in [1.807, 2.05) is 27.9 Å².